The molecule has 0 unspecified atom stereocenters. The smallest absolute Gasteiger partial charge is 0.344 e. The molecule has 0 saturated heterocycles. The molecule has 0 aliphatic heterocycles. The molecular formula is C14H16F2O3. The third kappa shape index (κ3) is 3.30. The molecular weight excluding hydrogens is 254 g/mol. The second kappa shape index (κ2) is 5.38. The van der Waals surface area contributed by atoms with E-state index in [1.807, 2.05) is 0 Å². The second-order valence-corrected chi connectivity index (χ2v) is 4.88. The quantitative estimate of drug-likeness (QED) is 0.788. The van der Waals surface area contributed by atoms with Gasteiger partial charge in [0.05, 0.1) is 7.11 Å². The van der Waals surface area contributed by atoms with E-state index in [9.17, 15) is 13.6 Å². The Bertz CT molecular complexity index is 516. The highest BCUT2D eigenvalue weighted by atomic mass is 19.1. The summed E-state index contributed by atoms with van der Waals surface area (Å²) in [5, 5.41) is 0. The van der Waals surface area contributed by atoms with E-state index >= 15 is 0 Å². The van der Waals surface area contributed by atoms with Crippen LogP contribution in [0.3, 0.4) is 0 Å². The van der Waals surface area contributed by atoms with Crippen molar-refractivity contribution in [2.75, 3.05) is 7.11 Å². The fourth-order valence-electron chi connectivity index (χ4n) is 1.49. The largest absolute Gasteiger partial charge is 0.493 e. The molecule has 0 radical (unpaired) electrons. The fraction of sp³-hybridized carbons (Fsp3) is 0.357. The highest BCUT2D eigenvalue weighted by molar-refractivity contribution is 5.91. The molecule has 1 aromatic rings. The molecule has 0 spiro atoms. The lowest BCUT2D eigenvalue weighted by Gasteiger charge is -2.20. The van der Waals surface area contributed by atoms with E-state index in [0.29, 0.717) is 0 Å². The van der Waals surface area contributed by atoms with Gasteiger partial charge in [0.1, 0.15) is 17.0 Å². The SMILES string of the molecule is C=Cc1cc(F)c(C(=O)OC(C)(C)C)c(F)c1OC. The number of hydrogen-bond donors (Lipinski definition) is 0. The zero-order valence-electron chi connectivity index (χ0n) is 11.3. The highest BCUT2D eigenvalue weighted by Crippen LogP contribution is 2.30. The van der Waals surface area contributed by atoms with E-state index < -0.39 is 28.8 Å². The average Bonchev–Trinajstić information content (AvgIpc) is 2.25. The summed E-state index contributed by atoms with van der Waals surface area (Å²) in [6.45, 7) is 8.25. The number of carbonyl (C=O) groups excluding carboxylic acids is 1. The normalized spacial score (nSPS) is 11.1. The minimum atomic E-state index is -1.09. The van der Waals surface area contributed by atoms with Crippen LogP contribution in [0.1, 0.15) is 36.7 Å². The third-order valence-corrected chi connectivity index (χ3v) is 2.23. The summed E-state index contributed by atoms with van der Waals surface area (Å²) in [4.78, 5) is 11.8. The van der Waals surface area contributed by atoms with Gasteiger partial charge >= 0.3 is 5.97 Å². The van der Waals surface area contributed by atoms with Crippen molar-refractivity contribution in [1.29, 1.82) is 0 Å². The Kier molecular flexibility index (Phi) is 4.29. The average molecular weight is 270 g/mol. The molecule has 1 aromatic carbocycles. The van der Waals surface area contributed by atoms with E-state index in [0.717, 1.165) is 6.07 Å². The van der Waals surface area contributed by atoms with Crippen LogP contribution in [-0.2, 0) is 4.74 Å². The first-order valence-electron chi connectivity index (χ1n) is 5.63. The van der Waals surface area contributed by atoms with E-state index in [1.165, 1.54) is 13.2 Å². The summed E-state index contributed by atoms with van der Waals surface area (Å²) < 4.78 is 37.7. The Morgan fingerprint density at radius 3 is 2.37 bits per heavy atom. The van der Waals surface area contributed by atoms with Crippen molar-refractivity contribution < 1.29 is 23.0 Å². The lowest BCUT2D eigenvalue weighted by Crippen LogP contribution is -2.25. The van der Waals surface area contributed by atoms with Gasteiger partial charge in [0.2, 0.25) is 0 Å². The molecule has 5 heteroatoms. The number of benzene rings is 1. The van der Waals surface area contributed by atoms with E-state index in [4.69, 9.17) is 9.47 Å². The molecule has 0 heterocycles. The van der Waals surface area contributed by atoms with Crippen molar-refractivity contribution in [3.05, 3.63) is 35.4 Å². The molecule has 3 nitrogen and oxygen atoms in total. The Balaban J connectivity index is 3.36. The molecule has 0 fully saturated rings. The molecule has 0 amide bonds. The van der Waals surface area contributed by atoms with E-state index in [1.54, 1.807) is 20.8 Å². The van der Waals surface area contributed by atoms with Crippen LogP contribution in [0.15, 0.2) is 12.6 Å². The highest BCUT2D eigenvalue weighted by Gasteiger charge is 2.27. The lowest BCUT2D eigenvalue weighted by atomic mass is 10.1. The molecule has 0 aliphatic rings. The molecule has 0 bridgehead atoms. The Morgan fingerprint density at radius 2 is 1.95 bits per heavy atom. The molecule has 19 heavy (non-hydrogen) atoms. The first-order valence-corrected chi connectivity index (χ1v) is 5.63. The topological polar surface area (TPSA) is 35.5 Å². The number of halogens is 2. The monoisotopic (exact) mass is 270 g/mol. The fourth-order valence-corrected chi connectivity index (χ4v) is 1.49. The summed E-state index contributed by atoms with van der Waals surface area (Å²) in [5.41, 5.74) is -1.48. The second-order valence-electron chi connectivity index (χ2n) is 4.88. The van der Waals surface area contributed by atoms with Crippen LogP contribution in [0.4, 0.5) is 8.78 Å². The summed E-state index contributed by atoms with van der Waals surface area (Å²) in [7, 11) is 1.22. The molecule has 0 N–H and O–H groups in total. The van der Waals surface area contributed by atoms with Gasteiger partial charge in [-0.15, -0.1) is 0 Å². The number of ether oxygens (including phenoxy) is 2. The van der Waals surface area contributed by atoms with E-state index in [-0.39, 0.29) is 11.3 Å². The van der Waals surface area contributed by atoms with Gasteiger partial charge in [-0.05, 0) is 26.8 Å². The minimum Gasteiger partial charge on any atom is -0.493 e. The Hall–Kier alpha value is -1.91. The van der Waals surface area contributed by atoms with Gasteiger partial charge in [-0.1, -0.05) is 12.7 Å². The van der Waals surface area contributed by atoms with Crippen LogP contribution >= 0.6 is 0 Å². The van der Waals surface area contributed by atoms with Crippen LogP contribution in [0, 0.1) is 11.6 Å². The molecule has 104 valence electrons. The molecule has 0 atom stereocenters. The standard InChI is InChI=1S/C14H16F2O3/c1-6-8-7-9(15)10(11(16)12(8)18-5)13(17)19-14(2,3)4/h6-7H,1H2,2-5H3. The zero-order valence-corrected chi connectivity index (χ0v) is 11.3. The number of esters is 1. The number of methoxy groups -OCH3 is 1. The minimum absolute atomic E-state index is 0.129. The molecule has 0 saturated carbocycles. The predicted octanol–water partition coefficient (Wildman–Crippen LogP) is 3.57. The van der Waals surface area contributed by atoms with Crippen molar-refractivity contribution in [3.8, 4) is 5.75 Å². The van der Waals surface area contributed by atoms with Gasteiger partial charge in [-0.2, -0.15) is 0 Å². The van der Waals surface area contributed by atoms with Crippen molar-refractivity contribution in [3.63, 3.8) is 0 Å². The van der Waals surface area contributed by atoms with Gasteiger partial charge in [0, 0.05) is 5.56 Å². The van der Waals surface area contributed by atoms with Crippen LogP contribution in [-0.4, -0.2) is 18.7 Å². The summed E-state index contributed by atoms with van der Waals surface area (Å²) in [6, 6.07) is 0.980. The summed E-state index contributed by atoms with van der Waals surface area (Å²) >= 11 is 0. The Morgan fingerprint density at radius 1 is 1.37 bits per heavy atom. The van der Waals surface area contributed by atoms with Crippen LogP contribution in [0.25, 0.3) is 6.08 Å². The van der Waals surface area contributed by atoms with Crippen molar-refractivity contribution in [1.82, 2.24) is 0 Å². The summed E-state index contributed by atoms with van der Waals surface area (Å²) in [5.74, 6) is -3.41. The Labute approximate surface area is 110 Å². The number of carbonyl (C=O) groups is 1. The van der Waals surface area contributed by atoms with Gasteiger partial charge in [0.25, 0.3) is 0 Å². The van der Waals surface area contributed by atoms with Crippen LogP contribution in [0.5, 0.6) is 5.75 Å². The molecule has 1 rings (SSSR count). The third-order valence-electron chi connectivity index (χ3n) is 2.23. The maximum absolute atomic E-state index is 14.1. The zero-order chi connectivity index (χ0) is 14.8. The van der Waals surface area contributed by atoms with Crippen LogP contribution < -0.4 is 4.74 Å². The number of hydrogen-bond acceptors (Lipinski definition) is 3. The molecule has 0 aromatic heterocycles. The predicted molar refractivity (Wildman–Crippen MR) is 68.2 cm³/mol. The van der Waals surface area contributed by atoms with Gasteiger partial charge in [0.15, 0.2) is 11.6 Å². The first kappa shape index (κ1) is 15.1. The number of rotatable bonds is 3. The maximum Gasteiger partial charge on any atom is 0.344 e. The first-order chi connectivity index (χ1) is 8.71. The molecule has 0 aliphatic carbocycles. The maximum atomic E-state index is 14.1. The van der Waals surface area contributed by atoms with Crippen molar-refractivity contribution >= 4 is 12.0 Å². The lowest BCUT2D eigenvalue weighted by molar-refractivity contribution is 0.00588. The van der Waals surface area contributed by atoms with Crippen LogP contribution in [0.2, 0.25) is 0 Å². The van der Waals surface area contributed by atoms with Gasteiger partial charge < -0.3 is 9.47 Å². The summed E-state index contributed by atoms with van der Waals surface area (Å²) in [6.07, 6.45) is 1.24. The van der Waals surface area contributed by atoms with Crippen molar-refractivity contribution in [2.24, 2.45) is 0 Å². The van der Waals surface area contributed by atoms with E-state index in [2.05, 4.69) is 6.58 Å². The van der Waals surface area contributed by atoms with Gasteiger partial charge in [-0.25, -0.2) is 13.6 Å². The van der Waals surface area contributed by atoms with Gasteiger partial charge in [-0.3, -0.25) is 0 Å². The van der Waals surface area contributed by atoms with Crippen molar-refractivity contribution in [2.45, 2.75) is 26.4 Å².